The molecular formula is C19H13N7O2S. The Morgan fingerprint density at radius 2 is 1.93 bits per heavy atom. The van der Waals surface area contributed by atoms with Crippen LogP contribution in [0.15, 0.2) is 58.7 Å². The summed E-state index contributed by atoms with van der Waals surface area (Å²) in [5.74, 6) is 0.0593. The fourth-order valence-electron chi connectivity index (χ4n) is 3.03. The van der Waals surface area contributed by atoms with Crippen LogP contribution in [-0.4, -0.2) is 35.9 Å². The van der Waals surface area contributed by atoms with E-state index in [0.29, 0.717) is 22.2 Å². The molecule has 2 N–H and O–H groups in total. The second-order valence-electron chi connectivity index (χ2n) is 6.21. The molecule has 1 aromatic carbocycles. The maximum absolute atomic E-state index is 12.7. The van der Waals surface area contributed by atoms with Gasteiger partial charge in [-0.1, -0.05) is 24.3 Å². The summed E-state index contributed by atoms with van der Waals surface area (Å²) in [5.41, 5.74) is 1.18. The summed E-state index contributed by atoms with van der Waals surface area (Å²) >= 11 is 1.59. The van der Waals surface area contributed by atoms with E-state index in [2.05, 4.69) is 30.8 Å². The van der Waals surface area contributed by atoms with Crippen molar-refractivity contribution < 1.29 is 4.79 Å². The summed E-state index contributed by atoms with van der Waals surface area (Å²) in [5, 5.41) is 24.7. The minimum atomic E-state index is -0.427. The van der Waals surface area contributed by atoms with Gasteiger partial charge in [-0.05, 0) is 29.6 Å². The van der Waals surface area contributed by atoms with Crippen LogP contribution in [0.1, 0.15) is 16.3 Å². The highest BCUT2D eigenvalue weighted by Gasteiger charge is 2.16. The Hall–Kier alpha value is -3.92. The lowest BCUT2D eigenvalue weighted by atomic mass is 10.1. The van der Waals surface area contributed by atoms with Gasteiger partial charge in [-0.15, -0.1) is 21.5 Å². The minimum Gasteiger partial charge on any atom is -0.343 e. The van der Waals surface area contributed by atoms with Gasteiger partial charge in [0.05, 0.1) is 16.8 Å². The molecule has 0 aliphatic rings. The number of nitrogens with one attached hydrogen (secondary N) is 2. The number of hydrogen-bond donors (Lipinski definition) is 2. The third-order valence-electron chi connectivity index (χ3n) is 4.42. The molecule has 5 aromatic rings. The van der Waals surface area contributed by atoms with Crippen molar-refractivity contribution in [3.63, 3.8) is 0 Å². The third kappa shape index (κ3) is 3.05. The van der Waals surface area contributed by atoms with Gasteiger partial charge in [0, 0.05) is 5.39 Å². The number of thiophene rings is 1. The van der Waals surface area contributed by atoms with Gasteiger partial charge in [0.25, 0.3) is 11.5 Å². The fraction of sp³-hybridized carbons (Fsp3) is 0.0526. The van der Waals surface area contributed by atoms with E-state index in [1.807, 2.05) is 29.6 Å². The van der Waals surface area contributed by atoms with E-state index < -0.39 is 5.91 Å². The number of rotatable bonds is 4. The van der Waals surface area contributed by atoms with Gasteiger partial charge < -0.3 is 5.32 Å². The van der Waals surface area contributed by atoms with Gasteiger partial charge in [0.2, 0.25) is 0 Å². The second-order valence-corrected chi connectivity index (χ2v) is 7.16. The summed E-state index contributed by atoms with van der Waals surface area (Å²) in [7, 11) is 0. The van der Waals surface area contributed by atoms with Crippen LogP contribution in [0.5, 0.6) is 0 Å². The molecule has 0 atom stereocenters. The first-order valence-electron chi connectivity index (χ1n) is 8.71. The molecule has 1 amide bonds. The zero-order valence-corrected chi connectivity index (χ0v) is 15.7. The van der Waals surface area contributed by atoms with Gasteiger partial charge in [-0.2, -0.15) is 14.7 Å². The van der Waals surface area contributed by atoms with E-state index in [1.54, 1.807) is 40.1 Å². The molecule has 0 aliphatic heterocycles. The number of aromatic nitrogens is 6. The standard InChI is InChI=1S/C19H13N7O2S/c27-18-12-5-2-1-4-11(12)17(23-24-18)19(28)20-10-16-22-21-15-8-7-13(25-26(15)16)14-6-3-9-29-14/h1-9H,10H2,(H,20,28)(H,24,27). The van der Waals surface area contributed by atoms with Crippen LogP contribution < -0.4 is 10.9 Å². The number of aromatic amines is 1. The van der Waals surface area contributed by atoms with E-state index in [0.717, 1.165) is 10.6 Å². The zero-order valence-electron chi connectivity index (χ0n) is 14.9. The van der Waals surface area contributed by atoms with Gasteiger partial charge in [0.15, 0.2) is 17.2 Å². The van der Waals surface area contributed by atoms with Gasteiger partial charge in [0.1, 0.15) is 5.69 Å². The van der Waals surface area contributed by atoms with Crippen LogP contribution in [0.4, 0.5) is 0 Å². The van der Waals surface area contributed by atoms with Gasteiger partial charge in [-0.25, -0.2) is 5.10 Å². The molecule has 0 radical (unpaired) electrons. The number of carbonyl (C=O) groups is 1. The summed E-state index contributed by atoms with van der Waals surface area (Å²) in [6.45, 7) is 0.107. The SMILES string of the molecule is O=C(NCc1nnc2ccc(-c3cccs3)nn12)c1n[nH]c(=O)c2ccccc12. The Morgan fingerprint density at radius 1 is 1.07 bits per heavy atom. The Labute approximate surface area is 167 Å². The van der Waals surface area contributed by atoms with Crippen molar-refractivity contribution in [2.45, 2.75) is 6.54 Å². The highest BCUT2D eigenvalue weighted by atomic mass is 32.1. The van der Waals surface area contributed by atoms with Gasteiger partial charge in [-0.3, -0.25) is 9.59 Å². The smallest absolute Gasteiger partial charge is 0.272 e. The first-order valence-corrected chi connectivity index (χ1v) is 9.59. The molecule has 0 unspecified atom stereocenters. The quantitative estimate of drug-likeness (QED) is 0.474. The number of hydrogen-bond acceptors (Lipinski definition) is 7. The Morgan fingerprint density at radius 3 is 2.76 bits per heavy atom. The third-order valence-corrected chi connectivity index (χ3v) is 5.31. The molecule has 4 heterocycles. The average molecular weight is 403 g/mol. The minimum absolute atomic E-state index is 0.107. The molecule has 29 heavy (non-hydrogen) atoms. The molecule has 0 saturated carbocycles. The van der Waals surface area contributed by atoms with E-state index in [4.69, 9.17) is 0 Å². The Kier molecular flexibility index (Phi) is 4.10. The summed E-state index contributed by atoms with van der Waals surface area (Å²) in [4.78, 5) is 25.6. The predicted molar refractivity (Wildman–Crippen MR) is 108 cm³/mol. The number of amides is 1. The lowest BCUT2D eigenvalue weighted by Gasteiger charge is -2.06. The average Bonchev–Trinajstić information content (AvgIpc) is 3.42. The highest BCUT2D eigenvalue weighted by Crippen LogP contribution is 2.22. The molecule has 0 saturated heterocycles. The molecule has 0 fully saturated rings. The molecule has 0 aliphatic carbocycles. The van der Waals surface area contributed by atoms with Crippen LogP contribution in [0, 0.1) is 0 Å². The van der Waals surface area contributed by atoms with Crippen molar-refractivity contribution in [2.24, 2.45) is 0 Å². The van der Waals surface area contributed by atoms with Crippen LogP contribution in [-0.2, 0) is 6.54 Å². The normalized spacial score (nSPS) is 11.2. The van der Waals surface area contributed by atoms with Crippen molar-refractivity contribution in [3.05, 3.63) is 75.8 Å². The van der Waals surface area contributed by atoms with E-state index in [9.17, 15) is 9.59 Å². The van der Waals surface area contributed by atoms with Crippen molar-refractivity contribution in [3.8, 4) is 10.6 Å². The first kappa shape index (κ1) is 17.2. The summed E-state index contributed by atoms with van der Waals surface area (Å²) in [6.07, 6.45) is 0. The van der Waals surface area contributed by atoms with Crippen molar-refractivity contribution >= 4 is 33.7 Å². The molecule has 142 valence electrons. The monoisotopic (exact) mass is 403 g/mol. The first-order chi connectivity index (χ1) is 14.2. The predicted octanol–water partition coefficient (Wildman–Crippen LogP) is 2.02. The number of benzene rings is 1. The largest absolute Gasteiger partial charge is 0.343 e. The van der Waals surface area contributed by atoms with Crippen LogP contribution in [0.2, 0.25) is 0 Å². The van der Waals surface area contributed by atoms with Crippen molar-refractivity contribution in [1.29, 1.82) is 0 Å². The number of nitrogens with zero attached hydrogens (tertiary/aromatic N) is 5. The molecule has 9 nitrogen and oxygen atoms in total. The molecule has 4 aromatic heterocycles. The highest BCUT2D eigenvalue weighted by molar-refractivity contribution is 7.13. The van der Waals surface area contributed by atoms with E-state index >= 15 is 0 Å². The molecular weight excluding hydrogens is 390 g/mol. The van der Waals surface area contributed by atoms with Crippen LogP contribution in [0.3, 0.4) is 0 Å². The number of carbonyl (C=O) groups excluding carboxylic acids is 1. The Balaban J connectivity index is 1.44. The fourth-order valence-corrected chi connectivity index (χ4v) is 3.72. The summed E-state index contributed by atoms with van der Waals surface area (Å²) < 4.78 is 1.60. The molecule has 10 heteroatoms. The molecule has 0 bridgehead atoms. The number of fused-ring (bicyclic) bond motifs is 2. The Bertz CT molecular complexity index is 1410. The zero-order chi connectivity index (χ0) is 19.8. The van der Waals surface area contributed by atoms with Crippen LogP contribution in [0.25, 0.3) is 27.0 Å². The van der Waals surface area contributed by atoms with Crippen molar-refractivity contribution in [2.75, 3.05) is 0 Å². The van der Waals surface area contributed by atoms with E-state index in [-0.39, 0.29) is 17.8 Å². The molecule has 0 spiro atoms. The van der Waals surface area contributed by atoms with Gasteiger partial charge >= 0.3 is 0 Å². The topological polar surface area (TPSA) is 118 Å². The molecule has 5 rings (SSSR count). The second kappa shape index (κ2) is 6.91. The lowest BCUT2D eigenvalue weighted by Crippen LogP contribution is -2.27. The lowest BCUT2D eigenvalue weighted by molar-refractivity contribution is 0.0945. The maximum atomic E-state index is 12.7. The van der Waals surface area contributed by atoms with E-state index in [1.165, 1.54) is 0 Å². The maximum Gasteiger partial charge on any atom is 0.272 e. The van der Waals surface area contributed by atoms with Crippen LogP contribution >= 0.6 is 11.3 Å². The van der Waals surface area contributed by atoms with Crippen molar-refractivity contribution in [1.82, 2.24) is 35.3 Å². The summed E-state index contributed by atoms with van der Waals surface area (Å²) in [6, 6.07) is 14.5. The number of H-pyrrole nitrogens is 1.